The van der Waals surface area contributed by atoms with Gasteiger partial charge in [0.25, 0.3) is 11.8 Å². The smallest absolute Gasteiger partial charge is 0.278 e. The van der Waals surface area contributed by atoms with Crippen LogP contribution in [0.15, 0.2) is 77.8 Å². The number of carbonyl (C=O) groups is 2. The van der Waals surface area contributed by atoms with Crippen molar-refractivity contribution in [2.45, 2.75) is 6.54 Å². The van der Waals surface area contributed by atoms with Crippen molar-refractivity contribution in [1.82, 2.24) is 4.90 Å². The highest BCUT2D eigenvalue weighted by molar-refractivity contribution is 7.11. The van der Waals surface area contributed by atoms with E-state index < -0.39 is 0 Å². The second kappa shape index (κ2) is 7.70. The average Bonchev–Trinajstić information content (AvgIpc) is 3.32. The number of ether oxygens (including phenoxy) is 1. The number of para-hydroxylation sites is 2. The molecule has 5 nitrogen and oxygen atoms in total. The second-order valence-corrected chi connectivity index (χ2v) is 7.18. The quantitative estimate of drug-likeness (QED) is 0.643. The maximum absolute atomic E-state index is 13.2. The Labute approximate surface area is 166 Å². The fourth-order valence-corrected chi connectivity index (χ4v) is 3.90. The monoisotopic (exact) mass is 390 g/mol. The molecule has 6 heteroatoms. The summed E-state index contributed by atoms with van der Waals surface area (Å²) in [5, 5.41) is 5.03. The molecule has 4 rings (SSSR count). The summed E-state index contributed by atoms with van der Waals surface area (Å²) in [6, 6.07) is 20.5. The first kappa shape index (κ1) is 18.0. The highest BCUT2D eigenvalue weighted by Gasteiger charge is 2.39. The van der Waals surface area contributed by atoms with Crippen molar-refractivity contribution < 1.29 is 14.3 Å². The number of methoxy groups -OCH3 is 1. The van der Waals surface area contributed by atoms with Crippen molar-refractivity contribution in [3.05, 3.63) is 88.2 Å². The van der Waals surface area contributed by atoms with E-state index in [1.165, 1.54) is 16.2 Å². The Kier molecular flexibility index (Phi) is 4.95. The van der Waals surface area contributed by atoms with Crippen molar-refractivity contribution in [3.8, 4) is 5.75 Å². The summed E-state index contributed by atoms with van der Waals surface area (Å²) < 4.78 is 5.37. The molecular weight excluding hydrogens is 372 g/mol. The van der Waals surface area contributed by atoms with Gasteiger partial charge in [0.05, 0.1) is 24.9 Å². The number of imide groups is 1. The Bertz CT molecular complexity index is 1040. The largest absolute Gasteiger partial charge is 0.495 e. The van der Waals surface area contributed by atoms with Crippen LogP contribution in [0.1, 0.15) is 10.4 Å². The Morgan fingerprint density at radius 3 is 2.39 bits per heavy atom. The number of benzene rings is 2. The van der Waals surface area contributed by atoms with Gasteiger partial charge in [0, 0.05) is 4.88 Å². The fraction of sp³-hybridized carbons (Fsp3) is 0.0909. The van der Waals surface area contributed by atoms with Crippen LogP contribution in [0.3, 0.4) is 0 Å². The molecular formula is C22H18N2O3S. The van der Waals surface area contributed by atoms with Gasteiger partial charge < -0.3 is 10.1 Å². The van der Waals surface area contributed by atoms with Gasteiger partial charge in [-0.3, -0.25) is 14.5 Å². The number of amides is 2. The molecule has 0 unspecified atom stereocenters. The van der Waals surface area contributed by atoms with E-state index in [1.54, 1.807) is 13.2 Å². The summed E-state index contributed by atoms with van der Waals surface area (Å²) >= 11 is 1.43. The Balaban J connectivity index is 1.73. The molecule has 1 aromatic heterocycles. The summed E-state index contributed by atoms with van der Waals surface area (Å²) in [5.74, 6) is -0.0425. The van der Waals surface area contributed by atoms with Crippen molar-refractivity contribution in [2.75, 3.05) is 12.4 Å². The normalized spacial score (nSPS) is 14.0. The Hall–Kier alpha value is -3.38. The lowest BCUT2D eigenvalue weighted by Gasteiger charge is -2.16. The number of rotatable bonds is 6. The van der Waals surface area contributed by atoms with Gasteiger partial charge in [0.1, 0.15) is 11.4 Å². The van der Waals surface area contributed by atoms with Crippen molar-refractivity contribution in [1.29, 1.82) is 0 Å². The maximum atomic E-state index is 13.2. The molecule has 0 saturated carbocycles. The van der Waals surface area contributed by atoms with Crippen LogP contribution in [0.2, 0.25) is 0 Å². The molecule has 0 aliphatic carbocycles. The average molecular weight is 390 g/mol. The molecule has 0 bridgehead atoms. The minimum atomic E-state index is -0.344. The summed E-state index contributed by atoms with van der Waals surface area (Å²) in [6.45, 7) is 0.227. The van der Waals surface area contributed by atoms with Crippen molar-refractivity contribution in [2.24, 2.45) is 0 Å². The molecule has 2 heterocycles. The second-order valence-electron chi connectivity index (χ2n) is 6.23. The number of anilines is 1. The van der Waals surface area contributed by atoms with E-state index in [9.17, 15) is 9.59 Å². The Morgan fingerprint density at radius 2 is 1.68 bits per heavy atom. The van der Waals surface area contributed by atoms with Crippen LogP contribution in [0.4, 0.5) is 5.69 Å². The van der Waals surface area contributed by atoms with E-state index in [4.69, 9.17) is 4.74 Å². The molecule has 1 aliphatic heterocycles. The first-order valence-corrected chi connectivity index (χ1v) is 9.65. The maximum Gasteiger partial charge on any atom is 0.278 e. The number of nitrogens with zero attached hydrogens (tertiary/aromatic N) is 1. The van der Waals surface area contributed by atoms with Gasteiger partial charge >= 0.3 is 0 Å². The summed E-state index contributed by atoms with van der Waals surface area (Å²) in [7, 11) is 1.57. The van der Waals surface area contributed by atoms with Crippen LogP contribution >= 0.6 is 11.3 Å². The molecule has 2 aromatic carbocycles. The van der Waals surface area contributed by atoms with Crippen molar-refractivity contribution >= 4 is 34.4 Å². The number of thiophene rings is 1. The molecule has 1 N–H and O–H groups in total. The molecule has 0 radical (unpaired) electrons. The predicted molar refractivity (Wildman–Crippen MR) is 110 cm³/mol. The first-order valence-electron chi connectivity index (χ1n) is 8.77. The zero-order valence-corrected chi connectivity index (χ0v) is 16.0. The van der Waals surface area contributed by atoms with Crippen LogP contribution in [0.25, 0.3) is 5.57 Å². The van der Waals surface area contributed by atoms with Gasteiger partial charge in [-0.25, -0.2) is 0 Å². The molecule has 140 valence electrons. The van der Waals surface area contributed by atoms with E-state index in [0.717, 1.165) is 10.4 Å². The molecule has 2 amide bonds. The molecule has 3 aromatic rings. The number of carbonyl (C=O) groups excluding carboxylic acids is 2. The fourth-order valence-electron chi connectivity index (χ4n) is 3.13. The third-order valence-electron chi connectivity index (χ3n) is 4.49. The SMILES string of the molecule is COc1ccccc1NC1=C(c2cccs2)C(=O)N(Cc2ccccc2)C1=O. The molecule has 0 atom stereocenters. The molecule has 0 saturated heterocycles. The van der Waals surface area contributed by atoms with Crippen LogP contribution < -0.4 is 10.1 Å². The number of hydrogen-bond acceptors (Lipinski definition) is 5. The van der Waals surface area contributed by atoms with Gasteiger partial charge in [0.15, 0.2) is 0 Å². The van der Waals surface area contributed by atoms with Gasteiger partial charge in [-0.15, -0.1) is 11.3 Å². The number of hydrogen-bond donors (Lipinski definition) is 1. The molecule has 0 fully saturated rings. The van der Waals surface area contributed by atoms with Gasteiger partial charge in [-0.2, -0.15) is 0 Å². The predicted octanol–water partition coefficient (Wildman–Crippen LogP) is 4.15. The van der Waals surface area contributed by atoms with E-state index in [0.29, 0.717) is 17.0 Å². The standard InChI is InChI=1S/C22H18N2O3S/c1-27-17-11-6-5-10-16(17)23-20-19(18-12-7-13-28-18)21(25)24(22(20)26)14-15-8-3-2-4-9-15/h2-13,23H,14H2,1H3. The van der Waals surface area contributed by atoms with Crippen LogP contribution in [-0.2, 0) is 16.1 Å². The third kappa shape index (κ3) is 3.30. The van der Waals surface area contributed by atoms with Gasteiger partial charge in [-0.05, 0) is 29.1 Å². The van der Waals surface area contributed by atoms with Gasteiger partial charge in [0.2, 0.25) is 0 Å². The minimum Gasteiger partial charge on any atom is -0.495 e. The molecule has 28 heavy (non-hydrogen) atoms. The molecule has 0 spiro atoms. The topological polar surface area (TPSA) is 58.6 Å². The number of nitrogens with one attached hydrogen (secondary N) is 1. The van der Waals surface area contributed by atoms with Gasteiger partial charge in [-0.1, -0.05) is 48.5 Å². The van der Waals surface area contributed by atoms with E-state index in [1.807, 2.05) is 66.0 Å². The van der Waals surface area contributed by atoms with Crippen LogP contribution in [0.5, 0.6) is 5.75 Å². The highest BCUT2D eigenvalue weighted by atomic mass is 32.1. The van der Waals surface area contributed by atoms with Crippen LogP contribution in [-0.4, -0.2) is 23.8 Å². The van der Waals surface area contributed by atoms with Crippen molar-refractivity contribution in [3.63, 3.8) is 0 Å². The first-order chi connectivity index (χ1) is 13.7. The lowest BCUT2D eigenvalue weighted by atomic mass is 10.1. The lowest BCUT2D eigenvalue weighted by Crippen LogP contribution is -2.31. The Morgan fingerprint density at radius 1 is 0.929 bits per heavy atom. The van der Waals surface area contributed by atoms with E-state index in [-0.39, 0.29) is 24.1 Å². The highest BCUT2D eigenvalue weighted by Crippen LogP contribution is 2.35. The van der Waals surface area contributed by atoms with E-state index >= 15 is 0 Å². The summed E-state index contributed by atoms with van der Waals surface area (Å²) in [6.07, 6.45) is 0. The minimum absolute atomic E-state index is 0.227. The van der Waals surface area contributed by atoms with E-state index in [2.05, 4.69) is 5.32 Å². The van der Waals surface area contributed by atoms with Crippen LogP contribution in [0, 0.1) is 0 Å². The summed E-state index contributed by atoms with van der Waals surface area (Å²) in [5.41, 5.74) is 2.19. The lowest BCUT2D eigenvalue weighted by molar-refractivity contribution is -0.137. The zero-order valence-electron chi connectivity index (χ0n) is 15.2. The third-order valence-corrected chi connectivity index (χ3v) is 5.37. The zero-order chi connectivity index (χ0) is 19.5. The summed E-state index contributed by atoms with van der Waals surface area (Å²) in [4.78, 5) is 28.4. The molecule has 1 aliphatic rings.